The molecule has 1 amide bonds. The molecule has 1 aromatic carbocycles. The van der Waals surface area contributed by atoms with Crippen LogP contribution in [-0.4, -0.2) is 42.0 Å². The fourth-order valence-electron chi connectivity index (χ4n) is 3.62. The molecular formula is C18H29Cl2N3O. The molecule has 0 bridgehead atoms. The lowest BCUT2D eigenvalue weighted by atomic mass is 10.0. The fourth-order valence-corrected chi connectivity index (χ4v) is 3.62. The average Bonchev–Trinajstić information content (AvgIpc) is 2.88. The van der Waals surface area contributed by atoms with Gasteiger partial charge in [0, 0.05) is 25.2 Å². The second kappa shape index (κ2) is 10.2. The topological polar surface area (TPSA) is 44.4 Å². The number of nitrogens with zero attached hydrogens (tertiary/aromatic N) is 1. The fraction of sp³-hybridized carbons (Fsp3) is 0.611. The smallest absolute Gasteiger partial charge is 0.237 e. The molecule has 2 saturated heterocycles. The Hall–Kier alpha value is -0.810. The maximum atomic E-state index is 12.3. The Morgan fingerprint density at radius 1 is 1.25 bits per heavy atom. The summed E-state index contributed by atoms with van der Waals surface area (Å²) in [4.78, 5) is 14.8. The Kier molecular flexibility index (Phi) is 9.06. The Labute approximate surface area is 157 Å². The Morgan fingerprint density at radius 3 is 2.67 bits per heavy atom. The Bertz CT molecular complexity index is 494. The highest BCUT2D eigenvalue weighted by Gasteiger charge is 2.31. The van der Waals surface area contributed by atoms with Crippen molar-refractivity contribution in [1.29, 1.82) is 0 Å². The monoisotopic (exact) mass is 373 g/mol. The molecule has 0 radical (unpaired) electrons. The van der Waals surface area contributed by atoms with Crippen molar-refractivity contribution in [3.8, 4) is 0 Å². The lowest BCUT2D eigenvalue weighted by molar-refractivity contribution is -0.124. The van der Waals surface area contributed by atoms with Crippen molar-refractivity contribution in [2.75, 3.05) is 13.1 Å². The van der Waals surface area contributed by atoms with Gasteiger partial charge in [-0.1, -0.05) is 36.8 Å². The van der Waals surface area contributed by atoms with Crippen LogP contribution < -0.4 is 10.6 Å². The molecule has 2 aliphatic rings. The third-order valence-electron chi connectivity index (χ3n) is 4.91. The van der Waals surface area contributed by atoms with Gasteiger partial charge in [-0.15, -0.1) is 24.8 Å². The predicted molar refractivity (Wildman–Crippen MR) is 103 cm³/mol. The summed E-state index contributed by atoms with van der Waals surface area (Å²) in [6.45, 7) is 5.15. The molecule has 2 fully saturated rings. The molecule has 0 aromatic heterocycles. The van der Waals surface area contributed by atoms with Crippen LogP contribution in [0.3, 0.4) is 0 Å². The van der Waals surface area contributed by atoms with Gasteiger partial charge in [-0.2, -0.15) is 0 Å². The van der Waals surface area contributed by atoms with Gasteiger partial charge < -0.3 is 10.6 Å². The first-order valence-electron chi connectivity index (χ1n) is 8.54. The molecule has 2 N–H and O–H groups in total. The van der Waals surface area contributed by atoms with E-state index < -0.39 is 0 Å². The number of rotatable bonds is 4. The summed E-state index contributed by atoms with van der Waals surface area (Å²) >= 11 is 0. The molecule has 3 rings (SSSR count). The number of carbonyl (C=O) groups is 1. The Morgan fingerprint density at radius 2 is 2.00 bits per heavy atom. The van der Waals surface area contributed by atoms with Crippen LogP contribution in [0, 0.1) is 0 Å². The van der Waals surface area contributed by atoms with Crippen LogP contribution in [0.4, 0.5) is 0 Å². The zero-order valence-corrected chi connectivity index (χ0v) is 15.9. The van der Waals surface area contributed by atoms with E-state index in [2.05, 4.69) is 52.8 Å². The normalized spacial score (nSPS) is 27.0. The first kappa shape index (κ1) is 21.2. The second-order valence-corrected chi connectivity index (χ2v) is 6.71. The molecular weight excluding hydrogens is 345 g/mol. The van der Waals surface area contributed by atoms with Gasteiger partial charge >= 0.3 is 0 Å². The SMILES string of the molecule is CC1CC(NC(=O)[C@H]2CCCCN2)CN1Cc1ccccc1.Cl.Cl. The van der Waals surface area contributed by atoms with E-state index in [-0.39, 0.29) is 42.8 Å². The van der Waals surface area contributed by atoms with E-state index in [4.69, 9.17) is 0 Å². The highest BCUT2D eigenvalue weighted by molar-refractivity contribution is 5.85. The zero-order chi connectivity index (χ0) is 15.4. The van der Waals surface area contributed by atoms with Crippen molar-refractivity contribution >= 4 is 30.7 Å². The maximum absolute atomic E-state index is 12.3. The summed E-state index contributed by atoms with van der Waals surface area (Å²) in [5, 5.41) is 6.58. The van der Waals surface area contributed by atoms with E-state index in [1.54, 1.807) is 0 Å². The van der Waals surface area contributed by atoms with E-state index in [9.17, 15) is 4.79 Å². The molecule has 4 nitrogen and oxygen atoms in total. The molecule has 1 aromatic rings. The summed E-state index contributed by atoms with van der Waals surface area (Å²) in [5.41, 5.74) is 1.34. The average molecular weight is 374 g/mol. The maximum Gasteiger partial charge on any atom is 0.237 e. The first-order chi connectivity index (χ1) is 10.7. The quantitative estimate of drug-likeness (QED) is 0.852. The summed E-state index contributed by atoms with van der Waals surface area (Å²) in [6, 6.07) is 11.4. The molecule has 0 aliphatic carbocycles. The summed E-state index contributed by atoms with van der Waals surface area (Å²) in [5.74, 6) is 0.193. The molecule has 2 heterocycles. The van der Waals surface area contributed by atoms with Crippen molar-refractivity contribution in [2.24, 2.45) is 0 Å². The van der Waals surface area contributed by atoms with Gasteiger partial charge in [0.2, 0.25) is 5.91 Å². The number of piperidine rings is 1. The van der Waals surface area contributed by atoms with Gasteiger partial charge in [-0.25, -0.2) is 0 Å². The molecule has 2 aliphatic heterocycles. The number of amides is 1. The van der Waals surface area contributed by atoms with E-state index in [0.717, 1.165) is 38.9 Å². The molecule has 2 unspecified atom stereocenters. The number of hydrogen-bond donors (Lipinski definition) is 2. The highest BCUT2D eigenvalue weighted by Crippen LogP contribution is 2.20. The zero-order valence-electron chi connectivity index (χ0n) is 14.2. The lowest BCUT2D eigenvalue weighted by Crippen LogP contribution is -2.50. The third-order valence-corrected chi connectivity index (χ3v) is 4.91. The van der Waals surface area contributed by atoms with Gasteiger partial charge in [-0.05, 0) is 38.3 Å². The van der Waals surface area contributed by atoms with Crippen molar-refractivity contribution in [1.82, 2.24) is 15.5 Å². The number of carbonyl (C=O) groups excluding carboxylic acids is 1. The van der Waals surface area contributed by atoms with E-state index >= 15 is 0 Å². The minimum absolute atomic E-state index is 0. The van der Waals surface area contributed by atoms with Crippen LogP contribution in [0.2, 0.25) is 0 Å². The van der Waals surface area contributed by atoms with Crippen molar-refractivity contribution in [3.05, 3.63) is 35.9 Å². The van der Waals surface area contributed by atoms with Gasteiger partial charge in [-0.3, -0.25) is 9.69 Å². The highest BCUT2D eigenvalue weighted by atomic mass is 35.5. The summed E-state index contributed by atoms with van der Waals surface area (Å²) < 4.78 is 0. The number of hydrogen-bond acceptors (Lipinski definition) is 3. The molecule has 24 heavy (non-hydrogen) atoms. The van der Waals surface area contributed by atoms with E-state index in [0.29, 0.717) is 6.04 Å². The van der Waals surface area contributed by atoms with Crippen LogP contribution in [0.25, 0.3) is 0 Å². The lowest BCUT2D eigenvalue weighted by Gasteiger charge is -2.24. The molecule has 6 heteroatoms. The minimum atomic E-state index is 0. The summed E-state index contributed by atoms with van der Waals surface area (Å²) in [6.07, 6.45) is 4.37. The van der Waals surface area contributed by atoms with Gasteiger partial charge in [0.15, 0.2) is 0 Å². The van der Waals surface area contributed by atoms with Crippen molar-refractivity contribution in [2.45, 2.75) is 57.3 Å². The Balaban J connectivity index is 0.00000144. The number of halogens is 2. The molecule has 0 spiro atoms. The van der Waals surface area contributed by atoms with Gasteiger partial charge in [0.1, 0.15) is 0 Å². The third kappa shape index (κ3) is 5.62. The standard InChI is InChI=1S/C18H27N3O.2ClH/c1-14-11-16(20-18(22)17-9-5-6-10-19-17)13-21(14)12-15-7-3-2-4-8-15;;/h2-4,7-8,14,16-17,19H,5-6,9-13H2,1H3,(H,20,22);2*1H/t14?,16?,17-;;/m1../s1. The summed E-state index contributed by atoms with van der Waals surface area (Å²) in [7, 11) is 0. The van der Waals surface area contributed by atoms with Crippen LogP contribution in [-0.2, 0) is 11.3 Å². The van der Waals surface area contributed by atoms with Crippen LogP contribution in [0.15, 0.2) is 30.3 Å². The predicted octanol–water partition coefficient (Wildman–Crippen LogP) is 2.75. The van der Waals surface area contributed by atoms with Crippen LogP contribution in [0.1, 0.15) is 38.2 Å². The van der Waals surface area contributed by atoms with Gasteiger partial charge in [0.25, 0.3) is 0 Å². The van der Waals surface area contributed by atoms with E-state index in [1.807, 2.05) is 0 Å². The number of benzene rings is 1. The van der Waals surface area contributed by atoms with Crippen molar-refractivity contribution in [3.63, 3.8) is 0 Å². The van der Waals surface area contributed by atoms with Gasteiger partial charge in [0.05, 0.1) is 6.04 Å². The molecule has 0 saturated carbocycles. The second-order valence-electron chi connectivity index (χ2n) is 6.71. The minimum Gasteiger partial charge on any atom is -0.351 e. The number of nitrogens with one attached hydrogen (secondary N) is 2. The number of likely N-dealkylation sites (tertiary alicyclic amines) is 1. The van der Waals surface area contributed by atoms with Crippen molar-refractivity contribution < 1.29 is 4.79 Å². The largest absolute Gasteiger partial charge is 0.351 e. The molecule has 136 valence electrons. The van der Waals surface area contributed by atoms with Crippen LogP contribution in [0.5, 0.6) is 0 Å². The van der Waals surface area contributed by atoms with E-state index in [1.165, 1.54) is 12.0 Å². The van der Waals surface area contributed by atoms with Crippen LogP contribution >= 0.6 is 24.8 Å². The molecule has 3 atom stereocenters. The first-order valence-corrected chi connectivity index (χ1v) is 8.54.